The maximum absolute atomic E-state index is 12.9. The second-order valence-electron chi connectivity index (χ2n) is 16.8. The summed E-state index contributed by atoms with van der Waals surface area (Å²) in [5, 5.41) is 22.9. The van der Waals surface area contributed by atoms with Gasteiger partial charge >= 0.3 is 12.4 Å². The zero-order chi connectivity index (χ0) is 50.7. The molecule has 14 nitrogen and oxygen atoms in total. The minimum Gasteiger partial charge on any atom is -0.383 e. The Morgan fingerprint density at radius 2 is 0.986 bits per heavy atom. The number of pyridine rings is 2. The number of rotatable bonds is 15. The average Bonchev–Trinajstić information content (AvgIpc) is 3.32. The fourth-order valence-electron chi connectivity index (χ4n) is 6.90. The van der Waals surface area contributed by atoms with Crippen LogP contribution in [0.2, 0.25) is 0 Å². The number of alkyl halides is 6. The topological polar surface area (TPSA) is 174 Å². The lowest BCUT2D eigenvalue weighted by atomic mass is 10.1. The Balaban J connectivity index is 0.000000209. The van der Waals surface area contributed by atoms with E-state index >= 15 is 0 Å². The zero-order valence-electron chi connectivity index (χ0n) is 39.4. The first-order valence-electron chi connectivity index (χ1n) is 22.3. The van der Waals surface area contributed by atoms with E-state index in [9.17, 15) is 26.3 Å². The number of nitrogens with one attached hydrogen (secondary N) is 6. The molecule has 0 saturated heterocycles. The number of anilines is 8. The molecular weight excluding hydrogens is 923 g/mol. The quantitative estimate of drug-likeness (QED) is 0.0326. The molecule has 0 radical (unpaired) electrons. The monoisotopic (exact) mass is 972 g/mol. The number of halogens is 6. The number of hydrogen-bond acceptors (Lipinski definition) is 14. The van der Waals surface area contributed by atoms with Crippen molar-refractivity contribution in [2.45, 2.75) is 59.9 Å². The molecule has 0 aliphatic rings. The maximum atomic E-state index is 12.9. The van der Waals surface area contributed by atoms with E-state index in [1.165, 1.54) is 37.0 Å². The highest BCUT2D eigenvalue weighted by molar-refractivity contribution is 5.93. The van der Waals surface area contributed by atoms with E-state index in [-0.39, 0.29) is 6.04 Å². The summed E-state index contributed by atoms with van der Waals surface area (Å²) in [4.78, 5) is 26.7. The van der Waals surface area contributed by atoms with Gasteiger partial charge in [0, 0.05) is 34.7 Å². The van der Waals surface area contributed by atoms with Crippen molar-refractivity contribution in [2.75, 3.05) is 38.7 Å². The number of hydrogen-bond donors (Lipinski definition) is 6. The van der Waals surface area contributed by atoms with Crippen LogP contribution in [0.15, 0.2) is 132 Å². The van der Waals surface area contributed by atoms with Crippen molar-refractivity contribution in [2.24, 2.45) is 16.1 Å². The summed E-state index contributed by atoms with van der Waals surface area (Å²) in [5.41, 5.74) is 12.2. The third-order valence-electron chi connectivity index (χ3n) is 10.2. The van der Waals surface area contributed by atoms with Gasteiger partial charge in [0.05, 0.1) is 92.5 Å². The lowest BCUT2D eigenvalue weighted by Gasteiger charge is -2.13. The van der Waals surface area contributed by atoms with Crippen molar-refractivity contribution in [1.82, 2.24) is 29.9 Å². The molecule has 0 unspecified atom stereocenters. The van der Waals surface area contributed by atoms with Crippen LogP contribution in [-0.2, 0) is 12.4 Å². The molecule has 0 bridgehead atoms. The molecular formula is C51H50F6N14. The third kappa shape index (κ3) is 14.1. The number of fused-ring (bicyclic) bond motifs is 2. The SMILES string of the molecule is Cc1nc(N/N=C/c2ccc(Nc3cccc(C(F)(F)F)c3)cn2)nc2c(NC(C)C)cccc12.Cc1nc(N/N=C/c2ccc(Nc3cccc(C(F)(F)F)c3)cn2)nc2c(NCC(C)C)cccc12. The predicted molar refractivity (Wildman–Crippen MR) is 271 cm³/mol. The number of benzene rings is 4. The summed E-state index contributed by atoms with van der Waals surface area (Å²) >= 11 is 0. The van der Waals surface area contributed by atoms with Crippen LogP contribution in [0.4, 0.5) is 72.4 Å². The van der Waals surface area contributed by atoms with E-state index in [1.54, 1.807) is 36.4 Å². The molecule has 4 aromatic carbocycles. The van der Waals surface area contributed by atoms with Crippen LogP contribution in [0.5, 0.6) is 0 Å². The fraction of sp³-hybridized carbons (Fsp3) is 0.216. The van der Waals surface area contributed by atoms with Gasteiger partial charge in [0.15, 0.2) is 0 Å². The van der Waals surface area contributed by atoms with Crippen LogP contribution in [0, 0.1) is 19.8 Å². The Morgan fingerprint density at radius 3 is 1.41 bits per heavy atom. The summed E-state index contributed by atoms with van der Waals surface area (Å²) in [7, 11) is 0. The van der Waals surface area contributed by atoms with Crippen LogP contribution in [0.1, 0.15) is 61.6 Å². The van der Waals surface area contributed by atoms with Crippen LogP contribution in [-0.4, -0.2) is 54.9 Å². The minimum atomic E-state index is -4.40. The number of para-hydroxylation sites is 2. The average molecular weight is 973 g/mol. The molecule has 8 aromatic rings. The Kier molecular flexibility index (Phi) is 15.9. The number of aryl methyl sites for hydroxylation is 2. The Labute approximate surface area is 405 Å². The van der Waals surface area contributed by atoms with Gasteiger partial charge < -0.3 is 21.3 Å². The molecule has 366 valence electrons. The van der Waals surface area contributed by atoms with Gasteiger partial charge in [0.2, 0.25) is 11.9 Å². The summed E-state index contributed by atoms with van der Waals surface area (Å²) in [6, 6.07) is 28.9. The molecule has 4 heterocycles. The van der Waals surface area contributed by atoms with Crippen molar-refractivity contribution >= 4 is 80.3 Å². The Morgan fingerprint density at radius 1 is 0.535 bits per heavy atom. The molecule has 0 atom stereocenters. The van der Waals surface area contributed by atoms with Crippen LogP contribution < -0.4 is 32.1 Å². The van der Waals surface area contributed by atoms with Gasteiger partial charge in [-0.2, -0.15) is 36.5 Å². The van der Waals surface area contributed by atoms with E-state index in [0.717, 1.165) is 75.4 Å². The highest BCUT2D eigenvalue weighted by Crippen LogP contribution is 2.33. The predicted octanol–water partition coefficient (Wildman–Crippen LogP) is 13.0. The zero-order valence-corrected chi connectivity index (χ0v) is 39.4. The second-order valence-corrected chi connectivity index (χ2v) is 16.8. The molecule has 71 heavy (non-hydrogen) atoms. The molecule has 0 saturated carbocycles. The Bertz CT molecular complexity index is 3140. The molecule has 4 aromatic heterocycles. The highest BCUT2D eigenvalue weighted by atomic mass is 19.4. The van der Waals surface area contributed by atoms with Crippen LogP contribution >= 0.6 is 0 Å². The molecule has 0 aliphatic carbocycles. The summed E-state index contributed by atoms with van der Waals surface area (Å²) < 4.78 is 77.4. The third-order valence-corrected chi connectivity index (χ3v) is 10.2. The van der Waals surface area contributed by atoms with Crippen molar-refractivity contribution in [3.63, 3.8) is 0 Å². The van der Waals surface area contributed by atoms with Gasteiger partial charge in [0.25, 0.3) is 0 Å². The highest BCUT2D eigenvalue weighted by Gasteiger charge is 2.31. The summed E-state index contributed by atoms with van der Waals surface area (Å²) in [6.07, 6.45) is -2.74. The lowest BCUT2D eigenvalue weighted by molar-refractivity contribution is -0.138. The van der Waals surface area contributed by atoms with Gasteiger partial charge in [-0.25, -0.2) is 30.8 Å². The number of hydrazone groups is 2. The fourth-order valence-corrected chi connectivity index (χ4v) is 6.90. The van der Waals surface area contributed by atoms with E-state index < -0.39 is 23.5 Å². The normalized spacial score (nSPS) is 11.9. The van der Waals surface area contributed by atoms with Gasteiger partial charge in [-0.1, -0.05) is 50.2 Å². The van der Waals surface area contributed by atoms with Crippen LogP contribution in [0.25, 0.3) is 21.8 Å². The largest absolute Gasteiger partial charge is 0.416 e. The van der Waals surface area contributed by atoms with Crippen molar-refractivity contribution in [3.05, 3.63) is 155 Å². The van der Waals surface area contributed by atoms with Crippen LogP contribution in [0.3, 0.4) is 0 Å². The van der Waals surface area contributed by atoms with E-state index in [1.807, 2.05) is 50.2 Å². The molecule has 0 spiro atoms. The lowest BCUT2D eigenvalue weighted by Crippen LogP contribution is -2.11. The Hall–Kier alpha value is -8.42. The molecule has 0 aliphatic heterocycles. The standard InChI is InChI=1S/C26H26F3N7.C25H24F3N7/c1-16(2)13-31-23-9-5-8-22-17(3)33-25(35-24(22)23)36-32-15-20-10-11-21(14-30-20)34-19-7-4-6-18(12-19)26(27,28)29;1-15(2)31-22-9-5-8-21-16(3)32-24(34-23(21)22)35-30-14-19-10-11-20(13-29-19)33-18-7-4-6-17(12-18)25(26,27)28/h4-12,14-16,31,34H,13H2,1-3H3,(H,33,35,36);4-15,31,33H,1-3H3,(H,32,34,35)/b32-15+;30-14+. The molecule has 0 amide bonds. The molecule has 20 heteroatoms. The number of aromatic nitrogens is 6. The molecule has 0 fully saturated rings. The first-order chi connectivity index (χ1) is 33.9. The van der Waals surface area contributed by atoms with Gasteiger partial charge in [-0.05, 0) is 106 Å². The van der Waals surface area contributed by atoms with Crippen molar-refractivity contribution < 1.29 is 26.3 Å². The minimum absolute atomic E-state index is 0.252. The number of nitrogens with zero attached hydrogens (tertiary/aromatic N) is 8. The summed E-state index contributed by atoms with van der Waals surface area (Å²) in [6.45, 7) is 13.1. The summed E-state index contributed by atoms with van der Waals surface area (Å²) in [5.74, 6) is 1.20. The van der Waals surface area contributed by atoms with Crippen molar-refractivity contribution in [3.8, 4) is 0 Å². The molecule has 8 rings (SSSR count). The first kappa shape index (κ1) is 50.5. The van der Waals surface area contributed by atoms with Gasteiger partial charge in [0.1, 0.15) is 0 Å². The second kappa shape index (κ2) is 22.3. The van der Waals surface area contributed by atoms with E-state index in [2.05, 4.69) is 99.9 Å². The smallest absolute Gasteiger partial charge is 0.383 e. The maximum Gasteiger partial charge on any atom is 0.416 e. The van der Waals surface area contributed by atoms with Crippen molar-refractivity contribution in [1.29, 1.82) is 0 Å². The van der Waals surface area contributed by atoms with E-state index in [0.29, 0.717) is 52.0 Å². The first-order valence-corrected chi connectivity index (χ1v) is 22.3. The van der Waals surface area contributed by atoms with E-state index in [4.69, 9.17) is 0 Å². The van der Waals surface area contributed by atoms with Gasteiger partial charge in [-0.3, -0.25) is 9.97 Å². The van der Waals surface area contributed by atoms with Gasteiger partial charge in [-0.15, -0.1) is 0 Å². The molecule has 6 N–H and O–H groups in total.